The molecule has 0 bridgehead atoms. The highest BCUT2D eigenvalue weighted by Crippen LogP contribution is 2.41. The highest BCUT2D eigenvalue weighted by Gasteiger charge is 2.12. The van der Waals surface area contributed by atoms with Crippen LogP contribution in [0.25, 0.3) is 51.5 Å². The number of rotatable bonds is 1. The van der Waals surface area contributed by atoms with E-state index in [9.17, 15) is 0 Å². The average molecular weight is 395 g/mol. The van der Waals surface area contributed by atoms with Crippen molar-refractivity contribution < 1.29 is 0 Å². The summed E-state index contributed by atoms with van der Waals surface area (Å²) in [6, 6.07) is 27.1. The lowest BCUT2D eigenvalue weighted by Crippen LogP contribution is -1.83. The van der Waals surface area contributed by atoms with Crippen LogP contribution in [0.1, 0.15) is 11.1 Å². The van der Waals surface area contributed by atoms with Crippen molar-refractivity contribution in [2.45, 2.75) is 13.8 Å². The van der Waals surface area contributed by atoms with Gasteiger partial charge in [0.2, 0.25) is 0 Å². The quantitative estimate of drug-likeness (QED) is 0.261. The van der Waals surface area contributed by atoms with Gasteiger partial charge >= 0.3 is 0 Å². The number of hydrogen-bond donors (Lipinski definition) is 0. The second-order valence-corrected chi connectivity index (χ2v) is 9.69. The van der Waals surface area contributed by atoms with E-state index in [4.69, 9.17) is 0 Å². The molecule has 0 radical (unpaired) electrons. The molecular formula is C26H18S2. The van der Waals surface area contributed by atoms with Crippen LogP contribution < -0.4 is 0 Å². The first-order chi connectivity index (χ1) is 13.7. The van der Waals surface area contributed by atoms with Gasteiger partial charge in [-0.1, -0.05) is 36.4 Å². The Morgan fingerprint density at radius 2 is 1.32 bits per heavy atom. The zero-order valence-electron chi connectivity index (χ0n) is 15.7. The fourth-order valence-electron chi connectivity index (χ4n) is 4.36. The zero-order chi connectivity index (χ0) is 18.8. The van der Waals surface area contributed by atoms with Crippen molar-refractivity contribution in [1.29, 1.82) is 0 Å². The van der Waals surface area contributed by atoms with Crippen LogP contribution in [0.3, 0.4) is 0 Å². The average Bonchev–Trinajstić information content (AvgIpc) is 3.25. The van der Waals surface area contributed by atoms with Crippen molar-refractivity contribution >= 4 is 63.0 Å². The second kappa shape index (κ2) is 5.91. The molecular weight excluding hydrogens is 376 g/mol. The molecule has 0 amide bonds. The lowest BCUT2D eigenvalue weighted by Gasteiger charge is -2.08. The van der Waals surface area contributed by atoms with Gasteiger partial charge in [0.25, 0.3) is 0 Å². The number of hydrogen-bond acceptors (Lipinski definition) is 2. The van der Waals surface area contributed by atoms with E-state index in [-0.39, 0.29) is 0 Å². The Hall–Kier alpha value is -2.68. The van der Waals surface area contributed by atoms with E-state index in [1.54, 1.807) is 0 Å². The maximum Gasteiger partial charge on any atom is 0.0361 e. The summed E-state index contributed by atoms with van der Waals surface area (Å²) in [6.45, 7) is 4.46. The maximum atomic E-state index is 2.39. The SMILES string of the molecule is Cc1cc2c(cc1-c1ccc3sc4cccc(C)c4c3c1)sc1ccccc12. The van der Waals surface area contributed by atoms with E-state index >= 15 is 0 Å². The van der Waals surface area contributed by atoms with E-state index in [0.29, 0.717) is 0 Å². The van der Waals surface area contributed by atoms with Crippen LogP contribution in [0.4, 0.5) is 0 Å². The van der Waals surface area contributed by atoms with Gasteiger partial charge in [-0.2, -0.15) is 0 Å². The zero-order valence-corrected chi connectivity index (χ0v) is 17.4. The molecule has 0 spiro atoms. The van der Waals surface area contributed by atoms with Crippen LogP contribution in [0.15, 0.2) is 72.8 Å². The number of fused-ring (bicyclic) bond motifs is 6. The maximum absolute atomic E-state index is 2.39. The van der Waals surface area contributed by atoms with Crippen LogP contribution in [0, 0.1) is 13.8 Å². The summed E-state index contributed by atoms with van der Waals surface area (Å²) in [4.78, 5) is 0. The van der Waals surface area contributed by atoms with Crippen LogP contribution >= 0.6 is 22.7 Å². The molecule has 0 fully saturated rings. The Bertz CT molecular complexity index is 1530. The van der Waals surface area contributed by atoms with Crippen molar-refractivity contribution in [1.82, 2.24) is 0 Å². The molecule has 0 N–H and O–H groups in total. The molecule has 2 aromatic heterocycles. The fourth-order valence-corrected chi connectivity index (χ4v) is 6.65. The van der Waals surface area contributed by atoms with Gasteiger partial charge in [0.1, 0.15) is 0 Å². The summed E-state index contributed by atoms with van der Waals surface area (Å²) in [5, 5.41) is 5.53. The molecule has 6 aromatic rings. The minimum atomic E-state index is 1.31. The van der Waals surface area contributed by atoms with E-state index < -0.39 is 0 Å². The Balaban J connectivity index is 1.64. The monoisotopic (exact) mass is 394 g/mol. The van der Waals surface area contributed by atoms with Crippen molar-refractivity contribution in [2.75, 3.05) is 0 Å². The van der Waals surface area contributed by atoms with Gasteiger partial charge in [-0.05, 0) is 72.5 Å². The highest BCUT2D eigenvalue weighted by molar-refractivity contribution is 7.26. The third-order valence-electron chi connectivity index (χ3n) is 5.74. The summed E-state index contributed by atoms with van der Waals surface area (Å²) in [5.74, 6) is 0. The van der Waals surface area contributed by atoms with E-state index in [2.05, 4.69) is 86.6 Å². The van der Waals surface area contributed by atoms with Crippen LogP contribution in [-0.4, -0.2) is 0 Å². The third kappa shape index (κ3) is 2.28. The molecule has 28 heavy (non-hydrogen) atoms. The normalized spacial score (nSPS) is 11.9. The summed E-state index contributed by atoms with van der Waals surface area (Å²) in [6.07, 6.45) is 0. The predicted octanol–water partition coefficient (Wildman–Crippen LogP) is 8.71. The summed E-state index contributed by atoms with van der Waals surface area (Å²) >= 11 is 3.78. The highest BCUT2D eigenvalue weighted by atomic mass is 32.1. The molecule has 0 saturated carbocycles. The Morgan fingerprint density at radius 3 is 2.25 bits per heavy atom. The molecule has 6 rings (SSSR count). The minimum Gasteiger partial charge on any atom is -0.135 e. The molecule has 0 unspecified atom stereocenters. The summed E-state index contributed by atoms with van der Waals surface area (Å²) in [7, 11) is 0. The van der Waals surface area contributed by atoms with E-state index in [1.807, 2.05) is 22.7 Å². The van der Waals surface area contributed by atoms with Crippen molar-refractivity contribution in [2.24, 2.45) is 0 Å². The van der Waals surface area contributed by atoms with Gasteiger partial charge in [0.15, 0.2) is 0 Å². The van der Waals surface area contributed by atoms with Crippen molar-refractivity contribution in [3.05, 3.63) is 83.9 Å². The largest absolute Gasteiger partial charge is 0.135 e. The molecule has 2 heterocycles. The summed E-state index contributed by atoms with van der Waals surface area (Å²) in [5.41, 5.74) is 5.35. The van der Waals surface area contributed by atoms with Gasteiger partial charge in [0.05, 0.1) is 0 Å². The Kier molecular flexibility index (Phi) is 3.44. The first-order valence-electron chi connectivity index (χ1n) is 9.53. The second-order valence-electron chi connectivity index (χ2n) is 7.52. The van der Waals surface area contributed by atoms with Crippen LogP contribution in [-0.2, 0) is 0 Å². The Morgan fingerprint density at radius 1 is 0.536 bits per heavy atom. The van der Waals surface area contributed by atoms with Crippen molar-refractivity contribution in [3.8, 4) is 11.1 Å². The first-order valence-corrected chi connectivity index (χ1v) is 11.2. The molecule has 2 heteroatoms. The third-order valence-corrected chi connectivity index (χ3v) is 8.01. The van der Waals surface area contributed by atoms with Crippen LogP contribution in [0.2, 0.25) is 0 Å². The van der Waals surface area contributed by atoms with Crippen molar-refractivity contribution in [3.63, 3.8) is 0 Å². The fraction of sp³-hybridized carbons (Fsp3) is 0.0769. The van der Waals surface area contributed by atoms with Gasteiger partial charge in [0, 0.05) is 40.3 Å². The van der Waals surface area contributed by atoms with Gasteiger partial charge < -0.3 is 0 Å². The van der Waals surface area contributed by atoms with E-state index in [1.165, 1.54) is 62.6 Å². The van der Waals surface area contributed by atoms with Crippen LogP contribution in [0.5, 0.6) is 0 Å². The Labute approximate surface area is 171 Å². The predicted molar refractivity (Wildman–Crippen MR) is 127 cm³/mol. The molecule has 0 nitrogen and oxygen atoms in total. The smallest absolute Gasteiger partial charge is 0.0361 e. The topological polar surface area (TPSA) is 0 Å². The molecule has 0 saturated heterocycles. The molecule has 134 valence electrons. The standard InChI is InChI=1S/C26H18S2/c1-15-6-5-9-24-26(15)21-13-17(10-11-23(21)27-24)19-14-25-20(12-16(19)2)18-7-3-4-8-22(18)28-25/h3-14H,1-2H3. The number of aryl methyl sites for hydroxylation is 2. The first kappa shape index (κ1) is 16.3. The molecule has 0 aliphatic heterocycles. The van der Waals surface area contributed by atoms with Gasteiger partial charge in [-0.25, -0.2) is 0 Å². The molecule has 4 aromatic carbocycles. The lowest BCUT2D eigenvalue weighted by molar-refractivity contribution is 1.50. The van der Waals surface area contributed by atoms with Gasteiger partial charge in [-0.3, -0.25) is 0 Å². The molecule has 0 aliphatic rings. The van der Waals surface area contributed by atoms with Gasteiger partial charge in [-0.15, -0.1) is 22.7 Å². The minimum absolute atomic E-state index is 1.31. The van der Waals surface area contributed by atoms with E-state index in [0.717, 1.165) is 0 Å². The molecule has 0 aliphatic carbocycles. The number of benzene rings is 4. The molecule has 0 atom stereocenters. The lowest BCUT2D eigenvalue weighted by atomic mass is 9.96. The number of thiophene rings is 2. The summed E-state index contributed by atoms with van der Waals surface area (Å²) < 4.78 is 5.48.